The molecule has 0 atom stereocenters. The zero-order valence-corrected chi connectivity index (χ0v) is 16.6. The van der Waals surface area contributed by atoms with Gasteiger partial charge in [-0.25, -0.2) is 23.4 Å². The van der Waals surface area contributed by atoms with Crippen LogP contribution in [0.4, 0.5) is 14.6 Å². The molecule has 0 radical (unpaired) electrons. The molecule has 8 nitrogen and oxygen atoms in total. The molecule has 2 heterocycles. The number of rotatable bonds is 8. The molecule has 0 saturated heterocycles. The summed E-state index contributed by atoms with van der Waals surface area (Å²) in [6, 6.07) is 8.54. The van der Waals surface area contributed by atoms with E-state index < -0.39 is 13.0 Å². The zero-order valence-electron chi connectivity index (χ0n) is 16.6. The molecule has 2 N–H and O–H groups in total. The van der Waals surface area contributed by atoms with Gasteiger partial charge in [-0.05, 0) is 25.1 Å². The Bertz CT molecular complexity index is 1040. The molecule has 0 unspecified atom stereocenters. The molecule has 0 fully saturated rings. The number of aryl methyl sites for hydroxylation is 1. The first-order valence-electron chi connectivity index (χ1n) is 9.25. The van der Waals surface area contributed by atoms with Gasteiger partial charge in [-0.3, -0.25) is 0 Å². The van der Waals surface area contributed by atoms with E-state index in [2.05, 4.69) is 21.1 Å². The highest BCUT2D eigenvalue weighted by atomic mass is 19.3. The number of alkyl halides is 2. The van der Waals surface area contributed by atoms with Crippen LogP contribution < -0.4 is 15.4 Å². The highest BCUT2D eigenvalue weighted by molar-refractivity contribution is 5.66. The Morgan fingerprint density at radius 1 is 1.27 bits per heavy atom. The number of anilines is 1. The average Bonchev–Trinajstić information content (AvgIpc) is 3.12. The Labute approximate surface area is 172 Å². The van der Waals surface area contributed by atoms with Crippen LogP contribution >= 0.6 is 0 Å². The molecular formula is C20H21F2N7O. The van der Waals surface area contributed by atoms with Gasteiger partial charge in [-0.1, -0.05) is 0 Å². The second kappa shape index (κ2) is 9.28. The van der Waals surface area contributed by atoms with E-state index in [0.29, 0.717) is 47.5 Å². The van der Waals surface area contributed by atoms with Crippen molar-refractivity contribution in [2.75, 3.05) is 18.0 Å². The molecule has 156 valence electrons. The van der Waals surface area contributed by atoms with Crippen LogP contribution in [0, 0.1) is 11.3 Å². The number of nitriles is 1. The highest BCUT2D eigenvalue weighted by Gasteiger charge is 2.18. The third-order valence-electron chi connectivity index (χ3n) is 4.40. The molecule has 0 bridgehead atoms. The molecule has 0 amide bonds. The van der Waals surface area contributed by atoms with Crippen molar-refractivity contribution in [1.29, 1.82) is 5.26 Å². The van der Waals surface area contributed by atoms with Crippen molar-refractivity contribution in [3.63, 3.8) is 0 Å². The maximum atomic E-state index is 12.8. The fourth-order valence-electron chi connectivity index (χ4n) is 2.81. The van der Waals surface area contributed by atoms with Gasteiger partial charge < -0.3 is 15.4 Å². The summed E-state index contributed by atoms with van der Waals surface area (Å²) < 4.78 is 33.1. The first-order chi connectivity index (χ1) is 14.4. The van der Waals surface area contributed by atoms with E-state index in [9.17, 15) is 14.0 Å². The van der Waals surface area contributed by atoms with Gasteiger partial charge in [0, 0.05) is 44.2 Å². The van der Waals surface area contributed by atoms with Crippen LogP contribution in [0.15, 0.2) is 36.7 Å². The van der Waals surface area contributed by atoms with Crippen molar-refractivity contribution in [1.82, 2.24) is 19.7 Å². The SMILES string of the molecule is CCN(CC(F)F)c1cc(Oc2cc(C#N)ccc2-c2ncc(CN)cn2)n(C)n1. The molecule has 0 saturated carbocycles. The van der Waals surface area contributed by atoms with Crippen molar-refractivity contribution in [2.45, 2.75) is 19.9 Å². The third-order valence-corrected chi connectivity index (χ3v) is 4.40. The Morgan fingerprint density at radius 3 is 2.60 bits per heavy atom. The van der Waals surface area contributed by atoms with Crippen molar-refractivity contribution in [3.05, 3.63) is 47.8 Å². The average molecular weight is 413 g/mol. The van der Waals surface area contributed by atoms with Gasteiger partial charge >= 0.3 is 0 Å². The van der Waals surface area contributed by atoms with Crippen LogP contribution in [0.5, 0.6) is 11.6 Å². The number of ether oxygens (including phenoxy) is 1. The van der Waals surface area contributed by atoms with E-state index in [1.165, 1.54) is 9.58 Å². The maximum Gasteiger partial charge on any atom is 0.255 e. The summed E-state index contributed by atoms with van der Waals surface area (Å²) >= 11 is 0. The topological polar surface area (TPSA) is 106 Å². The number of hydrogen-bond acceptors (Lipinski definition) is 7. The number of hydrogen-bond donors (Lipinski definition) is 1. The summed E-state index contributed by atoms with van der Waals surface area (Å²) in [6.07, 6.45) is 0.759. The lowest BCUT2D eigenvalue weighted by Gasteiger charge is -2.18. The predicted octanol–water partition coefficient (Wildman–Crippen LogP) is 3.09. The van der Waals surface area contributed by atoms with E-state index in [0.717, 1.165) is 5.56 Å². The van der Waals surface area contributed by atoms with Crippen molar-refractivity contribution in [3.8, 4) is 29.1 Å². The molecule has 0 aliphatic carbocycles. The Kier molecular flexibility index (Phi) is 6.54. The lowest BCUT2D eigenvalue weighted by Crippen LogP contribution is -2.28. The molecule has 0 aliphatic heterocycles. The van der Waals surface area contributed by atoms with Gasteiger partial charge in [0.1, 0.15) is 5.75 Å². The van der Waals surface area contributed by atoms with Crippen LogP contribution in [0.1, 0.15) is 18.1 Å². The summed E-state index contributed by atoms with van der Waals surface area (Å²) in [5.41, 5.74) is 7.34. The van der Waals surface area contributed by atoms with E-state index in [1.54, 1.807) is 50.6 Å². The quantitative estimate of drug-likeness (QED) is 0.605. The fraction of sp³-hybridized carbons (Fsp3) is 0.300. The molecule has 0 aliphatic rings. The van der Waals surface area contributed by atoms with Crippen LogP contribution in [0.25, 0.3) is 11.4 Å². The standard InChI is InChI=1S/C20H21F2N7O/c1-3-29(12-17(21)22)18-7-19(28(2)27-18)30-16-6-13(8-23)4-5-15(16)20-25-10-14(9-24)11-26-20/h4-7,10-11,17H,3,9,12,24H2,1-2H3. The van der Waals surface area contributed by atoms with Gasteiger partial charge in [0.05, 0.1) is 23.7 Å². The van der Waals surface area contributed by atoms with Gasteiger partial charge in [0.2, 0.25) is 5.88 Å². The minimum Gasteiger partial charge on any atom is -0.438 e. The number of nitrogens with zero attached hydrogens (tertiary/aromatic N) is 6. The largest absolute Gasteiger partial charge is 0.438 e. The monoisotopic (exact) mass is 413 g/mol. The Hall–Kier alpha value is -3.58. The minimum absolute atomic E-state index is 0.321. The van der Waals surface area contributed by atoms with Crippen LogP contribution in [0.2, 0.25) is 0 Å². The Morgan fingerprint density at radius 2 is 2.00 bits per heavy atom. The number of benzene rings is 1. The lowest BCUT2D eigenvalue weighted by molar-refractivity contribution is 0.155. The summed E-state index contributed by atoms with van der Waals surface area (Å²) in [5.74, 6) is 1.45. The summed E-state index contributed by atoms with van der Waals surface area (Å²) in [5, 5.41) is 13.5. The first kappa shape index (κ1) is 21.1. The summed E-state index contributed by atoms with van der Waals surface area (Å²) in [4.78, 5) is 10.1. The van der Waals surface area contributed by atoms with Crippen molar-refractivity contribution < 1.29 is 13.5 Å². The first-order valence-corrected chi connectivity index (χ1v) is 9.25. The molecule has 10 heteroatoms. The maximum absolute atomic E-state index is 12.8. The van der Waals surface area contributed by atoms with E-state index in [-0.39, 0.29) is 0 Å². The van der Waals surface area contributed by atoms with E-state index >= 15 is 0 Å². The second-order valence-electron chi connectivity index (χ2n) is 6.44. The van der Waals surface area contributed by atoms with Crippen LogP contribution in [-0.2, 0) is 13.6 Å². The molecule has 30 heavy (non-hydrogen) atoms. The number of nitrogens with two attached hydrogens (primary N) is 1. The van der Waals surface area contributed by atoms with Gasteiger partial charge in [-0.15, -0.1) is 0 Å². The molecule has 0 spiro atoms. The van der Waals surface area contributed by atoms with Crippen LogP contribution in [-0.4, -0.2) is 39.3 Å². The molecule has 3 rings (SSSR count). The smallest absolute Gasteiger partial charge is 0.255 e. The fourth-order valence-corrected chi connectivity index (χ4v) is 2.81. The summed E-state index contributed by atoms with van der Waals surface area (Å²) in [7, 11) is 1.65. The Balaban J connectivity index is 1.97. The van der Waals surface area contributed by atoms with E-state index in [4.69, 9.17) is 10.5 Å². The van der Waals surface area contributed by atoms with Crippen molar-refractivity contribution in [2.24, 2.45) is 12.8 Å². The minimum atomic E-state index is -2.48. The predicted molar refractivity (Wildman–Crippen MR) is 107 cm³/mol. The molecule has 2 aromatic heterocycles. The third kappa shape index (κ3) is 4.69. The van der Waals surface area contributed by atoms with E-state index in [1.807, 2.05) is 0 Å². The normalized spacial score (nSPS) is 10.8. The number of aromatic nitrogens is 4. The molecule has 3 aromatic rings. The van der Waals surface area contributed by atoms with Gasteiger partial charge in [0.25, 0.3) is 6.43 Å². The molecule has 1 aromatic carbocycles. The van der Waals surface area contributed by atoms with Gasteiger partial charge in [-0.2, -0.15) is 10.4 Å². The number of halogens is 2. The summed E-state index contributed by atoms with van der Waals surface area (Å²) in [6.45, 7) is 2.04. The highest BCUT2D eigenvalue weighted by Crippen LogP contribution is 2.33. The van der Waals surface area contributed by atoms with Crippen LogP contribution in [0.3, 0.4) is 0 Å². The molecular weight excluding hydrogens is 392 g/mol. The van der Waals surface area contributed by atoms with Gasteiger partial charge in [0.15, 0.2) is 11.6 Å². The van der Waals surface area contributed by atoms with Crippen molar-refractivity contribution >= 4 is 5.82 Å². The zero-order chi connectivity index (χ0) is 21.7. The lowest BCUT2D eigenvalue weighted by atomic mass is 10.1. The second-order valence-corrected chi connectivity index (χ2v) is 6.44.